The highest BCUT2D eigenvalue weighted by Gasteiger charge is 2.17. The largest absolute Gasteiger partial charge is 0.479 e. The van der Waals surface area contributed by atoms with Crippen molar-refractivity contribution in [3.8, 4) is 0 Å². The van der Waals surface area contributed by atoms with Gasteiger partial charge in [0.1, 0.15) is 0 Å². The summed E-state index contributed by atoms with van der Waals surface area (Å²) in [5.41, 5.74) is 1.78. The minimum Gasteiger partial charge on any atom is -0.479 e. The van der Waals surface area contributed by atoms with Gasteiger partial charge in [0.25, 0.3) is 0 Å². The Morgan fingerprint density at radius 2 is 2.36 bits per heavy atom. The minimum atomic E-state index is -0.963. The van der Waals surface area contributed by atoms with Crippen LogP contribution in [0.3, 0.4) is 0 Å². The predicted molar refractivity (Wildman–Crippen MR) is 51.1 cm³/mol. The Morgan fingerprint density at radius 3 is 2.79 bits per heavy atom. The normalized spacial score (nSPS) is 12.4. The van der Waals surface area contributed by atoms with Crippen LogP contribution in [0.5, 0.6) is 0 Å². The van der Waals surface area contributed by atoms with E-state index >= 15 is 0 Å². The number of methoxy groups -OCH3 is 1. The van der Waals surface area contributed by atoms with Crippen molar-refractivity contribution in [3.05, 3.63) is 29.6 Å². The van der Waals surface area contributed by atoms with Gasteiger partial charge in [-0.1, -0.05) is 6.07 Å². The summed E-state index contributed by atoms with van der Waals surface area (Å²) in [6.07, 6.45) is 1.20. The van der Waals surface area contributed by atoms with Crippen molar-refractivity contribution in [2.24, 2.45) is 0 Å². The first-order valence-electron chi connectivity index (χ1n) is 4.30. The van der Waals surface area contributed by atoms with Gasteiger partial charge in [0.15, 0.2) is 6.10 Å². The van der Waals surface area contributed by atoms with E-state index in [1.807, 2.05) is 19.1 Å². The summed E-state index contributed by atoms with van der Waals surface area (Å²) < 4.78 is 4.81. The molecule has 1 N–H and O–H groups in total. The maximum atomic E-state index is 10.6. The number of aryl methyl sites for hydroxylation is 1. The lowest BCUT2D eigenvalue weighted by atomic mass is 10.1. The number of carboxylic acid groups (broad SMARTS) is 1. The molecule has 4 nitrogen and oxygen atoms in total. The minimum absolute atomic E-state index is 0.298. The quantitative estimate of drug-likeness (QED) is 0.779. The van der Waals surface area contributed by atoms with Gasteiger partial charge in [-0.15, -0.1) is 0 Å². The van der Waals surface area contributed by atoms with Crippen molar-refractivity contribution in [1.82, 2.24) is 4.98 Å². The third kappa shape index (κ3) is 2.81. The molecule has 1 atom stereocenters. The first-order chi connectivity index (χ1) is 6.63. The van der Waals surface area contributed by atoms with Crippen LogP contribution in [0.15, 0.2) is 18.3 Å². The molecule has 1 rings (SSSR count). The van der Waals surface area contributed by atoms with Gasteiger partial charge < -0.3 is 9.84 Å². The third-order valence-electron chi connectivity index (χ3n) is 1.93. The predicted octanol–water partition coefficient (Wildman–Crippen LogP) is 1.03. The van der Waals surface area contributed by atoms with Crippen LogP contribution in [0.25, 0.3) is 0 Å². The van der Waals surface area contributed by atoms with Crippen molar-refractivity contribution in [1.29, 1.82) is 0 Å². The summed E-state index contributed by atoms with van der Waals surface area (Å²) >= 11 is 0. The van der Waals surface area contributed by atoms with E-state index in [1.165, 1.54) is 7.11 Å². The number of carboxylic acids is 1. The second kappa shape index (κ2) is 4.72. The van der Waals surface area contributed by atoms with Crippen molar-refractivity contribution in [2.45, 2.75) is 19.4 Å². The number of rotatable bonds is 4. The number of carbonyl (C=O) groups is 1. The topological polar surface area (TPSA) is 59.4 Å². The molecule has 0 spiro atoms. The molecule has 4 heteroatoms. The van der Waals surface area contributed by atoms with Crippen LogP contribution in [0.4, 0.5) is 0 Å². The summed E-state index contributed by atoms with van der Waals surface area (Å²) in [7, 11) is 1.38. The summed E-state index contributed by atoms with van der Waals surface area (Å²) in [6.45, 7) is 1.93. The Kier molecular flexibility index (Phi) is 3.59. The number of ether oxygens (including phenoxy) is 1. The molecule has 1 unspecified atom stereocenters. The van der Waals surface area contributed by atoms with Gasteiger partial charge in [0.05, 0.1) is 0 Å². The fourth-order valence-corrected chi connectivity index (χ4v) is 1.08. The van der Waals surface area contributed by atoms with Crippen molar-refractivity contribution in [2.75, 3.05) is 7.11 Å². The summed E-state index contributed by atoms with van der Waals surface area (Å²) in [5, 5.41) is 8.74. The highest BCUT2D eigenvalue weighted by Crippen LogP contribution is 2.04. The second-order valence-electron chi connectivity index (χ2n) is 3.09. The number of aliphatic carboxylic acids is 1. The van der Waals surface area contributed by atoms with E-state index in [0.717, 1.165) is 11.3 Å². The molecule has 0 aliphatic rings. The van der Waals surface area contributed by atoms with Gasteiger partial charge in [-0.3, -0.25) is 4.98 Å². The van der Waals surface area contributed by atoms with Crippen LogP contribution < -0.4 is 0 Å². The zero-order valence-corrected chi connectivity index (χ0v) is 8.23. The highest BCUT2D eigenvalue weighted by molar-refractivity contribution is 5.72. The van der Waals surface area contributed by atoms with E-state index in [1.54, 1.807) is 6.20 Å². The summed E-state index contributed by atoms with van der Waals surface area (Å²) in [5.74, 6) is -0.963. The second-order valence-corrected chi connectivity index (χ2v) is 3.09. The maximum absolute atomic E-state index is 10.6. The molecule has 0 radical (unpaired) electrons. The van der Waals surface area contributed by atoms with Crippen LogP contribution in [0.1, 0.15) is 11.3 Å². The smallest absolute Gasteiger partial charge is 0.333 e. The Hall–Kier alpha value is -1.42. The third-order valence-corrected chi connectivity index (χ3v) is 1.93. The van der Waals surface area contributed by atoms with E-state index < -0.39 is 12.1 Å². The number of hydrogen-bond acceptors (Lipinski definition) is 3. The van der Waals surface area contributed by atoms with Crippen LogP contribution in [-0.2, 0) is 16.0 Å². The summed E-state index contributed by atoms with van der Waals surface area (Å²) in [4.78, 5) is 14.8. The molecule has 0 bridgehead atoms. The molecule has 0 aliphatic heterocycles. The molecule has 0 fully saturated rings. The van der Waals surface area contributed by atoms with Gasteiger partial charge in [-0.25, -0.2) is 4.79 Å². The van der Waals surface area contributed by atoms with E-state index in [9.17, 15) is 4.79 Å². The fraction of sp³-hybridized carbons (Fsp3) is 0.400. The van der Waals surface area contributed by atoms with Gasteiger partial charge in [-0.05, 0) is 18.6 Å². The standard InChI is InChI=1S/C10H13NO3/c1-7-3-4-8(11-6-7)5-9(14-2)10(12)13/h3-4,6,9H,5H2,1-2H3,(H,12,13). The zero-order valence-electron chi connectivity index (χ0n) is 8.23. The van der Waals surface area contributed by atoms with Crippen LogP contribution in [0, 0.1) is 6.92 Å². The lowest BCUT2D eigenvalue weighted by Crippen LogP contribution is -2.25. The number of hydrogen-bond donors (Lipinski definition) is 1. The van der Waals surface area contributed by atoms with Crippen molar-refractivity contribution in [3.63, 3.8) is 0 Å². The molecule has 0 saturated heterocycles. The maximum Gasteiger partial charge on any atom is 0.333 e. The first kappa shape index (κ1) is 10.7. The van der Waals surface area contributed by atoms with E-state index in [-0.39, 0.29) is 0 Å². The van der Waals surface area contributed by atoms with Crippen LogP contribution in [-0.4, -0.2) is 29.3 Å². The summed E-state index contributed by atoms with van der Waals surface area (Å²) in [6, 6.07) is 3.71. The lowest BCUT2D eigenvalue weighted by molar-refractivity contribution is -0.148. The molecule has 1 aromatic heterocycles. The number of pyridine rings is 1. The molecular formula is C10H13NO3. The Bertz CT molecular complexity index is 308. The molecular weight excluding hydrogens is 182 g/mol. The van der Waals surface area contributed by atoms with E-state index in [4.69, 9.17) is 9.84 Å². The first-order valence-corrected chi connectivity index (χ1v) is 4.30. The van der Waals surface area contributed by atoms with Gasteiger partial charge >= 0.3 is 5.97 Å². The van der Waals surface area contributed by atoms with Crippen LogP contribution >= 0.6 is 0 Å². The Labute approximate surface area is 82.5 Å². The Morgan fingerprint density at radius 1 is 1.64 bits per heavy atom. The van der Waals surface area contributed by atoms with Crippen molar-refractivity contribution < 1.29 is 14.6 Å². The highest BCUT2D eigenvalue weighted by atomic mass is 16.5. The molecule has 1 aromatic rings. The van der Waals surface area contributed by atoms with E-state index in [0.29, 0.717) is 6.42 Å². The van der Waals surface area contributed by atoms with E-state index in [2.05, 4.69) is 4.98 Å². The van der Waals surface area contributed by atoms with Gasteiger partial charge in [-0.2, -0.15) is 0 Å². The number of aromatic nitrogens is 1. The van der Waals surface area contributed by atoms with Gasteiger partial charge in [0, 0.05) is 25.4 Å². The average molecular weight is 195 g/mol. The Balaban J connectivity index is 2.67. The number of nitrogens with zero attached hydrogens (tertiary/aromatic N) is 1. The molecule has 0 saturated carbocycles. The molecule has 0 aromatic carbocycles. The molecule has 0 aliphatic carbocycles. The SMILES string of the molecule is COC(Cc1ccc(C)cn1)C(=O)O. The molecule has 76 valence electrons. The van der Waals surface area contributed by atoms with Gasteiger partial charge in [0.2, 0.25) is 0 Å². The fourth-order valence-electron chi connectivity index (χ4n) is 1.08. The molecule has 14 heavy (non-hydrogen) atoms. The monoisotopic (exact) mass is 195 g/mol. The van der Waals surface area contributed by atoms with Crippen molar-refractivity contribution >= 4 is 5.97 Å². The van der Waals surface area contributed by atoms with Crippen LogP contribution in [0.2, 0.25) is 0 Å². The molecule has 0 amide bonds. The molecule has 1 heterocycles. The zero-order chi connectivity index (χ0) is 10.6. The average Bonchev–Trinajstić information content (AvgIpc) is 2.16. The lowest BCUT2D eigenvalue weighted by Gasteiger charge is -2.09.